The Kier molecular flexibility index (Phi) is 7.16. The first kappa shape index (κ1) is 25.6. The number of nitrogens with zero attached hydrogens (tertiary/aromatic N) is 4. The molecule has 2 N–H and O–H groups in total. The fourth-order valence-corrected chi connectivity index (χ4v) is 7.11. The number of halogens is 1. The van der Waals surface area contributed by atoms with Crippen LogP contribution in [0.3, 0.4) is 0 Å². The van der Waals surface area contributed by atoms with Crippen LogP contribution in [-0.4, -0.2) is 78.6 Å². The number of thiazole rings is 1. The number of aryl methyl sites for hydroxylation is 1. The molecule has 1 aromatic carbocycles. The second-order valence-corrected chi connectivity index (χ2v) is 12.0. The highest BCUT2D eigenvalue weighted by molar-refractivity contribution is 7.90. The average molecular weight is 549 g/mol. The summed E-state index contributed by atoms with van der Waals surface area (Å²) in [5.41, 5.74) is 1.61. The monoisotopic (exact) mass is 548 g/mol. The van der Waals surface area contributed by atoms with E-state index in [1.165, 1.54) is 16.6 Å². The Morgan fingerprint density at radius 1 is 1.24 bits per heavy atom. The van der Waals surface area contributed by atoms with E-state index in [0.29, 0.717) is 16.0 Å². The van der Waals surface area contributed by atoms with E-state index < -0.39 is 32.9 Å². The maximum atomic E-state index is 15.0. The highest BCUT2D eigenvalue weighted by atomic mass is 32.2. The lowest BCUT2D eigenvalue weighted by Crippen LogP contribution is -2.47. The summed E-state index contributed by atoms with van der Waals surface area (Å²) in [7, 11) is -4.22. The zero-order valence-corrected chi connectivity index (χ0v) is 21.6. The minimum absolute atomic E-state index is 0.0119. The Morgan fingerprint density at radius 3 is 2.70 bits per heavy atom. The quantitative estimate of drug-likeness (QED) is 0.429. The molecule has 1 atom stereocenters. The van der Waals surface area contributed by atoms with Crippen LogP contribution in [0.25, 0.3) is 21.3 Å². The molecule has 2 aromatic heterocycles. The van der Waals surface area contributed by atoms with Crippen molar-refractivity contribution in [1.82, 2.24) is 30.1 Å². The molecule has 1 aliphatic carbocycles. The van der Waals surface area contributed by atoms with Gasteiger partial charge in [-0.3, -0.25) is 9.59 Å². The van der Waals surface area contributed by atoms with E-state index in [0.717, 1.165) is 24.2 Å². The van der Waals surface area contributed by atoms with E-state index >= 15 is 4.39 Å². The fourth-order valence-electron chi connectivity index (χ4n) is 4.01. The first-order chi connectivity index (χ1) is 17.7. The van der Waals surface area contributed by atoms with Crippen LogP contribution in [0.15, 0.2) is 24.4 Å². The molecule has 14 heteroatoms. The number of ether oxygens (including phenoxy) is 1. The standard InChI is InChI=1S/C23H25FN6O5S2/c1-13-8-14(11-26-29-13)16-9-19-18(10-17(16)24)28-23(36-19)21(37(33,34)30-4-6-35-7-5-30)22(32)25-12-20(31)27-15-2-3-15/h8-11,15,21H,2-7,12H2,1H3,(H,25,32)(H,27,31). The number of carbonyl (C=O) groups is 2. The Labute approximate surface area is 216 Å². The normalized spacial score (nSPS) is 17.5. The third-order valence-electron chi connectivity index (χ3n) is 6.04. The van der Waals surface area contributed by atoms with E-state index in [9.17, 15) is 18.0 Å². The average Bonchev–Trinajstić information content (AvgIpc) is 3.59. The van der Waals surface area contributed by atoms with Crippen molar-refractivity contribution in [2.75, 3.05) is 32.8 Å². The van der Waals surface area contributed by atoms with E-state index in [-0.39, 0.29) is 55.0 Å². The first-order valence-electron chi connectivity index (χ1n) is 11.8. The number of hydrogen-bond acceptors (Lipinski definition) is 9. The molecule has 0 bridgehead atoms. The molecule has 2 amide bonds. The van der Waals surface area contributed by atoms with Gasteiger partial charge in [0, 0.05) is 36.3 Å². The van der Waals surface area contributed by atoms with Gasteiger partial charge in [-0.05, 0) is 31.9 Å². The summed E-state index contributed by atoms with van der Waals surface area (Å²) < 4.78 is 49.2. The van der Waals surface area contributed by atoms with Crippen molar-refractivity contribution in [2.45, 2.75) is 31.1 Å². The Hall–Kier alpha value is -3.07. The summed E-state index contributed by atoms with van der Waals surface area (Å²) in [6.45, 7) is 1.96. The number of fused-ring (bicyclic) bond motifs is 1. The minimum Gasteiger partial charge on any atom is -0.379 e. The highest BCUT2D eigenvalue weighted by Gasteiger charge is 2.42. The number of morpholine rings is 1. The largest absolute Gasteiger partial charge is 0.379 e. The summed E-state index contributed by atoms with van der Waals surface area (Å²) >= 11 is 0.989. The van der Waals surface area contributed by atoms with Gasteiger partial charge in [-0.2, -0.15) is 14.5 Å². The molecule has 2 aliphatic rings. The van der Waals surface area contributed by atoms with Crippen molar-refractivity contribution in [2.24, 2.45) is 0 Å². The number of rotatable bonds is 8. The van der Waals surface area contributed by atoms with E-state index in [4.69, 9.17) is 4.74 Å². The van der Waals surface area contributed by atoms with Crippen LogP contribution in [0, 0.1) is 12.7 Å². The van der Waals surface area contributed by atoms with Crippen LogP contribution in [0.5, 0.6) is 0 Å². The number of benzene rings is 1. The van der Waals surface area contributed by atoms with Gasteiger partial charge in [0.05, 0.1) is 41.9 Å². The van der Waals surface area contributed by atoms with E-state index in [1.54, 1.807) is 19.1 Å². The number of aromatic nitrogens is 3. The molecule has 1 unspecified atom stereocenters. The number of nitrogens with one attached hydrogen (secondary N) is 2. The second-order valence-electron chi connectivity index (χ2n) is 8.93. The van der Waals surface area contributed by atoms with Crippen LogP contribution < -0.4 is 10.6 Å². The van der Waals surface area contributed by atoms with Crippen molar-refractivity contribution < 1.29 is 27.1 Å². The van der Waals surface area contributed by atoms with Gasteiger partial charge < -0.3 is 15.4 Å². The Balaban J connectivity index is 1.50. The molecule has 11 nitrogen and oxygen atoms in total. The molecule has 1 saturated heterocycles. The molecule has 0 radical (unpaired) electrons. The number of hydrogen-bond donors (Lipinski definition) is 2. The molecule has 1 saturated carbocycles. The van der Waals surface area contributed by atoms with Crippen LogP contribution in [0.4, 0.5) is 4.39 Å². The third-order valence-corrected chi connectivity index (χ3v) is 9.39. The number of amides is 2. The predicted octanol–water partition coefficient (Wildman–Crippen LogP) is 1.30. The molecule has 0 spiro atoms. The lowest BCUT2D eigenvalue weighted by Gasteiger charge is -2.29. The van der Waals surface area contributed by atoms with Crippen molar-refractivity contribution in [1.29, 1.82) is 0 Å². The van der Waals surface area contributed by atoms with Gasteiger partial charge in [-0.15, -0.1) is 11.3 Å². The van der Waals surface area contributed by atoms with Crippen molar-refractivity contribution >= 4 is 43.4 Å². The maximum absolute atomic E-state index is 15.0. The summed E-state index contributed by atoms with van der Waals surface area (Å²) in [5, 5.41) is 11.2. The number of sulfonamides is 1. The SMILES string of the molecule is Cc1cc(-c2cc3sc(C(C(=O)NCC(=O)NC4CC4)S(=O)(=O)N4CCOCC4)nc3cc2F)cnn1. The predicted molar refractivity (Wildman–Crippen MR) is 134 cm³/mol. The molecule has 3 heterocycles. The highest BCUT2D eigenvalue weighted by Crippen LogP contribution is 2.36. The van der Waals surface area contributed by atoms with Gasteiger partial charge >= 0.3 is 0 Å². The fraction of sp³-hybridized carbons (Fsp3) is 0.435. The van der Waals surface area contributed by atoms with Gasteiger partial charge in [0.1, 0.15) is 10.8 Å². The van der Waals surface area contributed by atoms with Gasteiger partial charge in [0.2, 0.25) is 27.1 Å². The van der Waals surface area contributed by atoms with Crippen molar-refractivity contribution in [3.8, 4) is 11.1 Å². The van der Waals surface area contributed by atoms with E-state index in [1.807, 2.05) is 0 Å². The Bertz CT molecular complexity index is 1450. The second kappa shape index (κ2) is 10.4. The van der Waals surface area contributed by atoms with Gasteiger partial charge in [0.25, 0.3) is 0 Å². The smallest absolute Gasteiger partial charge is 0.247 e. The van der Waals surface area contributed by atoms with Gasteiger partial charge in [-0.1, -0.05) is 0 Å². The Morgan fingerprint density at radius 2 is 2.00 bits per heavy atom. The van der Waals surface area contributed by atoms with Crippen LogP contribution in [0.2, 0.25) is 0 Å². The molecule has 196 valence electrons. The summed E-state index contributed by atoms with van der Waals surface area (Å²) in [5.74, 6) is -1.83. The molecule has 2 fully saturated rings. The zero-order valence-electron chi connectivity index (χ0n) is 19.9. The van der Waals surface area contributed by atoms with Crippen LogP contribution in [-0.2, 0) is 24.3 Å². The summed E-state index contributed by atoms with van der Waals surface area (Å²) in [6.07, 6.45) is 3.20. The first-order valence-corrected chi connectivity index (χ1v) is 14.1. The molecule has 5 rings (SSSR count). The molecule has 3 aromatic rings. The molecule has 1 aliphatic heterocycles. The van der Waals surface area contributed by atoms with Crippen molar-refractivity contribution in [3.05, 3.63) is 40.9 Å². The van der Waals surface area contributed by atoms with Crippen LogP contribution >= 0.6 is 11.3 Å². The summed E-state index contributed by atoms with van der Waals surface area (Å²) in [4.78, 5) is 29.7. The van der Waals surface area contributed by atoms with Gasteiger partial charge in [0.15, 0.2) is 0 Å². The topological polar surface area (TPSA) is 143 Å². The lowest BCUT2D eigenvalue weighted by molar-refractivity contribution is -0.126. The number of carbonyl (C=O) groups excluding carboxylic acids is 2. The maximum Gasteiger partial charge on any atom is 0.247 e. The molecular weight excluding hydrogens is 523 g/mol. The van der Waals surface area contributed by atoms with E-state index in [2.05, 4.69) is 25.8 Å². The lowest BCUT2D eigenvalue weighted by atomic mass is 10.1. The molecular formula is C23H25FN6O5S2. The zero-order chi connectivity index (χ0) is 26.2. The van der Waals surface area contributed by atoms with Crippen LogP contribution in [0.1, 0.15) is 28.8 Å². The van der Waals surface area contributed by atoms with Gasteiger partial charge in [-0.25, -0.2) is 17.8 Å². The molecule has 37 heavy (non-hydrogen) atoms. The van der Waals surface area contributed by atoms with Crippen molar-refractivity contribution in [3.63, 3.8) is 0 Å². The summed E-state index contributed by atoms with van der Waals surface area (Å²) in [6, 6.07) is 4.55. The minimum atomic E-state index is -4.22. The third kappa shape index (κ3) is 5.61.